The quantitative estimate of drug-likeness (QED) is 0.188. The Hall–Kier alpha value is -0.290. The maximum Gasteiger partial charge on any atom is 0.223 e. The molecule has 160 valence electrons. The van der Waals surface area contributed by atoms with Crippen molar-refractivity contribution < 1.29 is 14.6 Å². The van der Waals surface area contributed by atoms with Crippen LogP contribution in [0.15, 0.2) is 12.2 Å². The molecule has 0 fully saturated rings. The zero-order valence-corrected chi connectivity index (χ0v) is 18.7. The summed E-state index contributed by atoms with van der Waals surface area (Å²) in [6.45, 7) is 0.268. The van der Waals surface area contributed by atoms with E-state index in [1.54, 1.807) is 19.1 Å². The van der Waals surface area contributed by atoms with Gasteiger partial charge in [0.25, 0.3) is 0 Å². The van der Waals surface area contributed by atoms with E-state index in [1.165, 1.54) is 19.3 Å². The fraction of sp³-hybridized carbons (Fsp3) is 0.857. The van der Waals surface area contributed by atoms with Crippen LogP contribution in [0.3, 0.4) is 0 Å². The fourth-order valence-electron chi connectivity index (χ4n) is 2.89. The maximum atomic E-state index is 12.1. The molecule has 0 bridgehead atoms. The Balaban J connectivity index is 3.65. The second-order valence-corrected chi connectivity index (χ2v) is 8.08. The maximum absolute atomic E-state index is 12.1. The first-order valence-electron chi connectivity index (χ1n) is 10.3. The topological polar surface area (TPSA) is 49.8 Å². The van der Waals surface area contributed by atoms with E-state index in [0.29, 0.717) is 18.4 Å². The smallest absolute Gasteiger partial charge is 0.223 e. The van der Waals surface area contributed by atoms with Gasteiger partial charge in [0, 0.05) is 31.8 Å². The molecule has 0 saturated carbocycles. The number of methoxy groups -OCH3 is 1. The molecule has 1 amide bonds. The van der Waals surface area contributed by atoms with Crippen LogP contribution in [-0.2, 0) is 9.53 Å². The molecule has 6 heteroatoms. The van der Waals surface area contributed by atoms with Crippen molar-refractivity contribution in [3.63, 3.8) is 0 Å². The van der Waals surface area contributed by atoms with Gasteiger partial charge in [-0.15, -0.1) is 23.2 Å². The summed E-state index contributed by atoms with van der Waals surface area (Å²) in [5.74, 6) is 0.798. The van der Waals surface area contributed by atoms with Gasteiger partial charge in [-0.1, -0.05) is 37.8 Å². The van der Waals surface area contributed by atoms with Crippen LogP contribution in [0.1, 0.15) is 70.6 Å². The number of likely N-dealkylation sites (N-methyl/N-ethyl adjacent to an activating group) is 1. The molecule has 0 saturated heterocycles. The van der Waals surface area contributed by atoms with Crippen LogP contribution >= 0.6 is 23.2 Å². The van der Waals surface area contributed by atoms with Gasteiger partial charge in [0.15, 0.2) is 0 Å². The second-order valence-electron chi connectivity index (χ2n) is 7.08. The van der Waals surface area contributed by atoms with Gasteiger partial charge in [0.2, 0.25) is 5.91 Å². The van der Waals surface area contributed by atoms with Gasteiger partial charge in [0.1, 0.15) is 0 Å². The molecule has 0 spiro atoms. The lowest BCUT2D eigenvalue weighted by Crippen LogP contribution is -2.42. The van der Waals surface area contributed by atoms with E-state index in [4.69, 9.17) is 27.9 Å². The summed E-state index contributed by atoms with van der Waals surface area (Å²) in [7, 11) is 3.28. The number of allylic oxidation sites excluding steroid dienone is 2. The summed E-state index contributed by atoms with van der Waals surface area (Å²) in [4.78, 5) is 13.7. The van der Waals surface area contributed by atoms with Crippen molar-refractivity contribution in [2.45, 2.75) is 82.0 Å². The SMILES string of the molecule is COC[C@@H](CO)N(C)C(=O)CC/C=C/CCCC[C@H](Cl)CCCCCCCl. The van der Waals surface area contributed by atoms with Crippen LogP contribution in [-0.4, -0.2) is 60.6 Å². The number of carbonyl (C=O) groups is 1. The molecule has 0 aliphatic heterocycles. The average Bonchev–Trinajstić information content (AvgIpc) is 2.67. The Labute approximate surface area is 176 Å². The van der Waals surface area contributed by atoms with Crippen LogP contribution in [0.5, 0.6) is 0 Å². The van der Waals surface area contributed by atoms with Crippen molar-refractivity contribution in [2.75, 3.05) is 33.3 Å². The number of nitrogens with zero attached hydrogens (tertiary/aromatic N) is 1. The average molecular weight is 424 g/mol. The van der Waals surface area contributed by atoms with E-state index in [1.807, 2.05) is 0 Å². The number of aliphatic hydroxyl groups excluding tert-OH is 1. The van der Waals surface area contributed by atoms with E-state index in [9.17, 15) is 9.90 Å². The molecule has 0 heterocycles. The molecule has 0 unspecified atom stereocenters. The molecule has 0 aromatic rings. The van der Waals surface area contributed by atoms with Crippen molar-refractivity contribution >= 4 is 29.1 Å². The molecule has 0 aromatic heterocycles. The molecular weight excluding hydrogens is 385 g/mol. The highest BCUT2D eigenvalue weighted by Gasteiger charge is 2.18. The third kappa shape index (κ3) is 15.3. The first-order valence-corrected chi connectivity index (χ1v) is 11.2. The first kappa shape index (κ1) is 26.7. The first-order chi connectivity index (χ1) is 13.1. The van der Waals surface area contributed by atoms with Crippen LogP contribution in [0.2, 0.25) is 0 Å². The van der Waals surface area contributed by atoms with E-state index in [2.05, 4.69) is 12.2 Å². The lowest BCUT2D eigenvalue weighted by molar-refractivity contribution is -0.133. The van der Waals surface area contributed by atoms with Crippen LogP contribution < -0.4 is 0 Å². The van der Waals surface area contributed by atoms with Crippen LogP contribution in [0.4, 0.5) is 0 Å². The monoisotopic (exact) mass is 423 g/mol. The van der Waals surface area contributed by atoms with Gasteiger partial charge < -0.3 is 14.7 Å². The van der Waals surface area contributed by atoms with Crippen molar-refractivity contribution in [1.29, 1.82) is 0 Å². The third-order valence-corrected chi connectivity index (χ3v) is 5.45. The molecule has 1 N–H and O–H groups in total. The predicted octanol–water partition coefficient (Wildman–Crippen LogP) is 5.15. The number of hydrogen-bond acceptors (Lipinski definition) is 3. The number of alkyl halides is 2. The van der Waals surface area contributed by atoms with Gasteiger partial charge in [-0.2, -0.15) is 0 Å². The largest absolute Gasteiger partial charge is 0.394 e. The Morgan fingerprint density at radius 3 is 2.33 bits per heavy atom. The zero-order valence-electron chi connectivity index (χ0n) is 17.2. The Morgan fingerprint density at radius 1 is 1.07 bits per heavy atom. The van der Waals surface area contributed by atoms with Crippen LogP contribution in [0.25, 0.3) is 0 Å². The molecule has 4 nitrogen and oxygen atoms in total. The fourth-order valence-corrected chi connectivity index (χ4v) is 3.39. The molecule has 27 heavy (non-hydrogen) atoms. The highest BCUT2D eigenvalue weighted by molar-refractivity contribution is 6.20. The van der Waals surface area contributed by atoms with Gasteiger partial charge in [-0.05, 0) is 38.5 Å². The summed E-state index contributed by atoms with van der Waals surface area (Å²) in [6, 6.07) is -0.268. The zero-order chi connectivity index (χ0) is 20.3. The summed E-state index contributed by atoms with van der Waals surface area (Å²) in [6.07, 6.45) is 15.7. The number of ether oxygens (including phenoxy) is 1. The van der Waals surface area contributed by atoms with E-state index in [-0.39, 0.29) is 18.6 Å². The highest BCUT2D eigenvalue weighted by Crippen LogP contribution is 2.17. The molecule has 2 atom stereocenters. The Bertz CT molecular complexity index is 380. The molecule has 0 aromatic carbocycles. The number of unbranched alkanes of at least 4 members (excludes halogenated alkanes) is 5. The van der Waals surface area contributed by atoms with E-state index >= 15 is 0 Å². The molecule has 0 radical (unpaired) electrons. The number of hydrogen-bond donors (Lipinski definition) is 1. The Kier molecular flexibility index (Phi) is 18.8. The predicted molar refractivity (Wildman–Crippen MR) is 116 cm³/mol. The van der Waals surface area contributed by atoms with Gasteiger partial charge in [-0.25, -0.2) is 0 Å². The summed E-state index contributed by atoms with van der Waals surface area (Å²) in [5.41, 5.74) is 0. The van der Waals surface area contributed by atoms with Gasteiger partial charge in [0.05, 0.1) is 19.3 Å². The number of halogens is 2. The van der Waals surface area contributed by atoms with Crippen LogP contribution in [0, 0.1) is 0 Å². The minimum atomic E-state index is -0.268. The molecule has 0 aliphatic rings. The molecule has 0 aliphatic carbocycles. The summed E-state index contributed by atoms with van der Waals surface area (Å²) < 4.78 is 5.02. The minimum Gasteiger partial charge on any atom is -0.394 e. The second kappa shape index (κ2) is 19.0. The Morgan fingerprint density at radius 2 is 1.70 bits per heavy atom. The van der Waals surface area contributed by atoms with Gasteiger partial charge >= 0.3 is 0 Å². The third-order valence-electron chi connectivity index (χ3n) is 4.74. The van der Waals surface area contributed by atoms with E-state index < -0.39 is 0 Å². The summed E-state index contributed by atoms with van der Waals surface area (Å²) in [5, 5.41) is 9.58. The van der Waals surface area contributed by atoms with Crippen molar-refractivity contribution in [2.24, 2.45) is 0 Å². The van der Waals surface area contributed by atoms with E-state index in [0.717, 1.165) is 50.8 Å². The van der Waals surface area contributed by atoms with Gasteiger partial charge in [-0.3, -0.25) is 4.79 Å². The lowest BCUT2D eigenvalue weighted by Gasteiger charge is -2.25. The molecular formula is C21H39Cl2NO3. The summed E-state index contributed by atoms with van der Waals surface area (Å²) >= 11 is 12.0. The number of rotatable bonds is 18. The minimum absolute atomic E-state index is 0.0341. The lowest BCUT2D eigenvalue weighted by atomic mass is 10.1. The van der Waals surface area contributed by atoms with Crippen molar-refractivity contribution in [3.8, 4) is 0 Å². The number of amides is 1. The molecule has 0 rings (SSSR count). The number of aliphatic hydroxyl groups is 1. The van der Waals surface area contributed by atoms with Crippen molar-refractivity contribution in [1.82, 2.24) is 4.90 Å². The normalized spacial score (nSPS) is 13.8. The highest BCUT2D eigenvalue weighted by atomic mass is 35.5. The standard InChI is InChI=1S/C21H39Cl2NO3/c1-24(20(17-25)18-27-2)21(26)15-11-6-4-3-5-9-13-19(23)14-10-7-8-12-16-22/h4,6,19-20,25H,3,5,7-18H2,1-2H3/b6-4+/t19-,20+/m0/s1. The number of carbonyl (C=O) groups excluding carboxylic acids is 1. The van der Waals surface area contributed by atoms with Crippen molar-refractivity contribution in [3.05, 3.63) is 12.2 Å².